The molecule has 0 spiro atoms. The van der Waals surface area contributed by atoms with Crippen molar-refractivity contribution in [2.45, 2.75) is 4.90 Å². The van der Waals surface area contributed by atoms with Crippen molar-refractivity contribution in [2.24, 2.45) is 0 Å². The zero-order valence-electron chi connectivity index (χ0n) is 13.8. The molecule has 0 fully saturated rings. The zero-order valence-corrected chi connectivity index (χ0v) is 15.4. The fourth-order valence-corrected chi connectivity index (χ4v) is 4.41. The summed E-state index contributed by atoms with van der Waals surface area (Å²) >= 11 is 1.07. The number of thiophene rings is 1. The Hall–Kier alpha value is -2.84. The summed E-state index contributed by atoms with van der Waals surface area (Å²) in [5, 5.41) is 3.89. The van der Waals surface area contributed by atoms with Crippen LogP contribution in [0, 0.1) is 0 Å². The Kier molecular flexibility index (Phi) is 5.24. The van der Waals surface area contributed by atoms with Gasteiger partial charge in [-0.05, 0) is 42.5 Å². The van der Waals surface area contributed by atoms with Gasteiger partial charge in [-0.25, -0.2) is 8.42 Å². The number of rotatable bonds is 6. The van der Waals surface area contributed by atoms with Crippen molar-refractivity contribution in [3.63, 3.8) is 0 Å². The van der Waals surface area contributed by atoms with Gasteiger partial charge in [0.05, 0.1) is 9.77 Å². The molecule has 0 saturated heterocycles. The third-order valence-corrected chi connectivity index (χ3v) is 5.86. The molecule has 1 amide bonds. The molecule has 0 aliphatic rings. The molecule has 26 heavy (non-hydrogen) atoms. The van der Waals surface area contributed by atoms with Gasteiger partial charge in [0.2, 0.25) is 0 Å². The number of hydrogen-bond acceptors (Lipinski definition) is 5. The number of carbonyl (C=O) groups is 1. The van der Waals surface area contributed by atoms with E-state index in [9.17, 15) is 13.2 Å². The first-order chi connectivity index (χ1) is 12.5. The van der Waals surface area contributed by atoms with Crippen molar-refractivity contribution >= 4 is 33.0 Å². The van der Waals surface area contributed by atoms with Gasteiger partial charge in [0.1, 0.15) is 11.5 Å². The molecule has 8 heteroatoms. The lowest BCUT2D eigenvalue weighted by molar-refractivity contribution is 0.0967. The van der Waals surface area contributed by atoms with Crippen LogP contribution in [0.3, 0.4) is 0 Å². The smallest absolute Gasteiger partial charge is 0.262 e. The van der Waals surface area contributed by atoms with Crippen LogP contribution in [0.4, 0.5) is 5.69 Å². The number of sulfonamides is 1. The molecule has 0 saturated carbocycles. The summed E-state index contributed by atoms with van der Waals surface area (Å²) in [6.07, 6.45) is 0. The highest BCUT2D eigenvalue weighted by atomic mass is 32.2. The van der Waals surface area contributed by atoms with Crippen LogP contribution in [0.1, 0.15) is 9.67 Å². The van der Waals surface area contributed by atoms with Gasteiger partial charge in [-0.2, -0.15) is 0 Å². The molecule has 3 aromatic rings. The molecule has 2 N–H and O–H groups in total. The van der Waals surface area contributed by atoms with Crippen LogP contribution in [0.15, 0.2) is 70.9 Å². The fraction of sp³-hybridized carbons (Fsp3) is 0.0556. The maximum absolute atomic E-state index is 12.4. The van der Waals surface area contributed by atoms with E-state index in [1.165, 1.54) is 18.5 Å². The number of hydrogen-bond donors (Lipinski definition) is 2. The van der Waals surface area contributed by atoms with E-state index < -0.39 is 10.0 Å². The average Bonchev–Trinajstić information content (AvgIpc) is 3.15. The van der Waals surface area contributed by atoms with Crippen molar-refractivity contribution in [1.82, 2.24) is 5.32 Å². The predicted molar refractivity (Wildman–Crippen MR) is 101 cm³/mol. The molecular weight excluding hydrogens is 372 g/mol. The third-order valence-electron chi connectivity index (χ3n) is 3.42. The van der Waals surface area contributed by atoms with Crippen molar-refractivity contribution in [1.29, 1.82) is 0 Å². The molecule has 0 aliphatic carbocycles. The molecule has 3 rings (SSSR count). The molecule has 0 radical (unpaired) electrons. The Morgan fingerprint density at radius 1 is 1.00 bits per heavy atom. The van der Waals surface area contributed by atoms with E-state index in [1.54, 1.807) is 24.3 Å². The summed E-state index contributed by atoms with van der Waals surface area (Å²) in [7, 11) is -2.27. The van der Waals surface area contributed by atoms with Crippen LogP contribution < -0.4 is 14.8 Å². The van der Waals surface area contributed by atoms with Crippen molar-refractivity contribution < 1.29 is 17.9 Å². The predicted octanol–water partition coefficient (Wildman–Crippen LogP) is 3.70. The lowest BCUT2D eigenvalue weighted by atomic mass is 10.3. The van der Waals surface area contributed by atoms with Gasteiger partial charge in [0.25, 0.3) is 15.9 Å². The second-order valence-electron chi connectivity index (χ2n) is 5.27. The number of anilines is 1. The normalized spacial score (nSPS) is 11.0. The molecule has 2 aromatic carbocycles. The van der Waals surface area contributed by atoms with E-state index in [0.717, 1.165) is 11.3 Å². The monoisotopic (exact) mass is 388 g/mol. The first-order valence-electron chi connectivity index (χ1n) is 7.64. The van der Waals surface area contributed by atoms with Gasteiger partial charge in [-0.1, -0.05) is 18.2 Å². The van der Waals surface area contributed by atoms with Crippen molar-refractivity contribution in [2.75, 3.05) is 11.8 Å². The topological polar surface area (TPSA) is 84.5 Å². The van der Waals surface area contributed by atoms with Gasteiger partial charge >= 0.3 is 0 Å². The first kappa shape index (κ1) is 18.0. The van der Waals surface area contributed by atoms with E-state index in [1.807, 2.05) is 30.3 Å². The molecule has 0 aliphatic heterocycles. The van der Waals surface area contributed by atoms with E-state index in [4.69, 9.17) is 4.74 Å². The highest BCUT2D eigenvalue weighted by molar-refractivity contribution is 7.92. The molecule has 1 heterocycles. The summed E-state index contributed by atoms with van der Waals surface area (Å²) in [5.74, 6) is 0.969. The lowest BCUT2D eigenvalue weighted by Gasteiger charge is -2.09. The number of ether oxygens (including phenoxy) is 1. The van der Waals surface area contributed by atoms with Crippen LogP contribution in [-0.2, 0) is 10.0 Å². The van der Waals surface area contributed by atoms with Crippen LogP contribution in [0.5, 0.6) is 11.5 Å². The molecule has 0 atom stereocenters. The van der Waals surface area contributed by atoms with Gasteiger partial charge in [-0.3, -0.25) is 9.52 Å². The first-order valence-corrected chi connectivity index (χ1v) is 10.0. The van der Waals surface area contributed by atoms with Crippen LogP contribution in [0.2, 0.25) is 0 Å². The van der Waals surface area contributed by atoms with Gasteiger partial charge < -0.3 is 10.1 Å². The van der Waals surface area contributed by atoms with Crippen LogP contribution >= 0.6 is 11.3 Å². The summed E-state index contributed by atoms with van der Waals surface area (Å²) < 4.78 is 33.0. The van der Waals surface area contributed by atoms with E-state index in [0.29, 0.717) is 22.1 Å². The Morgan fingerprint density at radius 3 is 2.31 bits per heavy atom. The highest BCUT2D eigenvalue weighted by Crippen LogP contribution is 2.25. The Labute approximate surface area is 155 Å². The van der Waals surface area contributed by atoms with E-state index in [-0.39, 0.29) is 10.8 Å². The van der Waals surface area contributed by atoms with Gasteiger partial charge in [-0.15, -0.1) is 11.3 Å². The number of nitrogens with one attached hydrogen (secondary N) is 2. The molecular formula is C18H16N2O4S2. The van der Waals surface area contributed by atoms with Crippen molar-refractivity contribution in [3.8, 4) is 11.5 Å². The number of para-hydroxylation sites is 1. The molecule has 134 valence electrons. The van der Waals surface area contributed by atoms with Crippen molar-refractivity contribution in [3.05, 3.63) is 70.9 Å². The SMILES string of the molecule is CNC(=O)c1cc(S(=O)(=O)Nc2ccc(Oc3ccccc3)cc2)cs1. The number of benzene rings is 2. The number of amides is 1. The minimum Gasteiger partial charge on any atom is -0.457 e. The Morgan fingerprint density at radius 2 is 1.65 bits per heavy atom. The summed E-state index contributed by atoms with van der Waals surface area (Å²) in [4.78, 5) is 11.9. The summed E-state index contributed by atoms with van der Waals surface area (Å²) in [6, 6.07) is 17.2. The maximum atomic E-state index is 12.4. The molecule has 0 unspecified atom stereocenters. The van der Waals surface area contributed by atoms with Crippen LogP contribution in [0.25, 0.3) is 0 Å². The summed E-state index contributed by atoms with van der Waals surface area (Å²) in [5.41, 5.74) is 0.401. The largest absolute Gasteiger partial charge is 0.457 e. The third kappa shape index (κ3) is 4.22. The Balaban J connectivity index is 1.71. The average molecular weight is 388 g/mol. The Bertz CT molecular complexity index is 997. The highest BCUT2D eigenvalue weighted by Gasteiger charge is 2.18. The lowest BCUT2D eigenvalue weighted by Crippen LogP contribution is -2.16. The summed E-state index contributed by atoms with van der Waals surface area (Å²) in [6.45, 7) is 0. The second-order valence-corrected chi connectivity index (χ2v) is 7.86. The van der Waals surface area contributed by atoms with Crippen LogP contribution in [-0.4, -0.2) is 21.4 Å². The molecule has 0 bridgehead atoms. The van der Waals surface area contributed by atoms with E-state index in [2.05, 4.69) is 10.0 Å². The molecule has 1 aromatic heterocycles. The van der Waals surface area contributed by atoms with E-state index >= 15 is 0 Å². The quantitative estimate of drug-likeness (QED) is 0.674. The standard InChI is InChI=1S/C18H16N2O4S2/c1-19-18(21)17-11-16(12-25-17)26(22,23)20-13-7-9-15(10-8-13)24-14-5-3-2-4-6-14/h2-12,20H,1H3,(H,19,21). The van der Waals surface area contributed by atoms with Gasteiger partial charge in [0, 0.05) is 18.1 Å². The minimum absolute atomic E-state index is 0.0470. The number of carbonyl (C=O) groups excluding carboxylic acids is 1. The fourth-order valence-electron chi connectivity index (χ4n) is 2.13. The zero-order chi connectivity index (χ0) is 18.6. The van der Waals surface area contributed by atoms with Gasteiger partial charge in [0.15, 0.2) is 0 Å². The second kappa shape index (κ2) is 7.59. The minimum atomic E-state index is -3.77. The molecule has 6 nitrogen and oxygen atoms in total. The maximum Gasteiger partial charge on any atom is 0.262 e.